The van der Waals surface area contributed by atoms with Gasteiger partial charge in [0.1, 0.15) is 17.3 Å². The van der Waals surface area contributed by atoms with Gasteiger partial charge >= 0.3 is 0 Å². The summed E-state index contributed by atoms with van der Waals surface area (Å²) in [6.45, 7) is 1.69. The lowest BCUT2D eigenvalue weighted by Gasteiger charge is -2.08. The summed E-state index contributed by atoms with van der Waals surface area (Å²) in [5.74, 6) is -1.41. The molecule has 0 aliphatic heterocycles. The van der Waals surface area contributed by atoms with Gasteiger partial charge < -0.3 is 15.5 Å². The molecule has 0 saturated carbocycles. The number of rotatable bonds is 2. The molecule has 2 aromatic rings. The Hall–Kier alpha value is -2.56. The van der Waals surface area contributed by atoms with Crippen LogP contribution in [-0.4, -0.2) is 16.1 Å². The summed E-state index contributed by atoms with van der Waals surface area (Å²) >= 11 is 0. The van der Waals surface area contributed by atoms with Crippen molar-refractivity contribution in [1.82, 2.24) is 0 Å². The van der Waals surface area contributed by atoms with E-state index in [0.29, 0.717) is 11.3 Å². The fourth-order valence-corrected chi connectivity index (χ4v) is 1.62. The number of nitrogens with one attached hydrogen (secondary N) is 1. The summed E-state index contributed by atoms with van der Waals surface area (Å²) in [4.78, 5) is 11.9. The van der Waals surface area contributed by atoms with E-state index in [1.165, 1.54) is 12.1 Å². The van der Waals surface area contributed by atoms with Gasteiger partial charge in [-0.2, -0.15) is 0 Å². The van der Waals surface area contributed by atoms with Crippen molar-refractivity contribution in [3.05, 3.63) is 53.3 Å². The van der Waals surface area contributed by atoms with Gasteiger partial charge in [0, 0.05) is 5.69 Å². The molecular weight excluding hydrogens is 249 g/mol. The Morgan fingerprint density at radius 1 is 1.11 bits per heavy atom. The zero-order valence-corrected chi connectivity index (χ0v) is 10.1. The molecule has 0 heterocycles. The summed E-state index contributed by atoms with van der Waals surface area (Å²) in [6.07, 6.45) is 0. The van der Waals surface area contributed by atoms with E-state index < -0.39 is 11.7 Å². The average molecular weight is 261 g/mol. The summed E-state index contributed by atoms with van der Waals surface area (Å²) in [5.41, 5.74) is 0.899. The van der Waals surface area contributed by atoms with E-state index in [4.69, 9.17) is 0 Å². The predicted octanol–water partition coefficient (Wildman–Crippen LogP) is 2.80. The second-order valence-electron chi connectivity index (χ2n) is 4.12. The minimum absolute atomic E-state index is 0.117. The molecule has 0 radical (unpaired) electrons. The van der Waals surface area contributed by atoms with E-state index in [-0.39, 0.29) is 17.1 Å². The van der Waals surface area contributed by atoms with Crippen LogP contribution in [0.25, 0.3) is 0 Å². The van der Waals surface area contributed by atoms with E-state index in [1.807, 2.05) is 0 Å². The Morgan fingerprint density at radius 2 is 1.79 bits per heavy atom. The fraction of sp³-hybridized carbons (Fsp3) is 0.0714. The molecule has 5 heteroatoms. The molecule has 0 bridgehead atoms. The number of aryl methyl sites for hydroxylation is 1. The van der Waals surface area contributed by atoms with Crippen molar-refractivity contribution in [3.63, 3.8) is 0 Å². The molecule has 3 N–H and O–H groups in total. The number of hydrogen-bond donors (Lipinski definition) is 3. The number of benzene rings is 2. The van der Waals surface area contributed by atoms with E-state index >= 15 is 0 Å². The smallest absolute Gasteiger partial charge is 0.259 e. The number of halogens is 1. The molecule has 19 heavy (non-hydrogen) atoms. The van der Waals surface area contributed by atoms with Gasteiger partial charge in [-0.05, 0) is 48.9 Å². The van der Waals surface area contributed by atoms with Crippen LogP contribution in [0.1, 0.15) is 15.9 Å². The van der Waals surface area contributed by atoms with Gasteiger partial charge in [0.2, 0.25) is 0 Å². The summed E-state index contributed by atoms with van der Waals surface area (Å²) in [7, 11) is 0. The van der Waals surface area contributed by atoms with Gasteiger partial charge in [-0.15, -0.1) is 0 Å². The second-order valence-corrected chi connectivity index (χ2v) is 4.12. The van der Waals surface area contributed by atoms with Crippen LogP contribution in [0.5, 0.6) is 11.5 Å². The molecule has 0 saturated heterocycles. The van der Waals surface area contributed by atoms with Crippen LogP contribution >= 0.6 is 0 Å². The van der Waals surface area contributed by atoms with Crippen LogP contribution in [0.2, 0.25) is 0 Å². The van der Waals surface area contributed by atoms with E-state index in [9.17, 15) is 19.4 Å². The van der Waals surface area contributed by atoms with Gasteiger partial charge in [0.15, 0.2) is 0 Å². The van der Waals surface area contributed by atoms with Gasteiger partial charge in [0.05, 0.1) is 5.56 Å². The van der Waals surface area contributed by atoms with Crippen LogP contribution in [0.3, 0.4) is 0 Å². The van der Waals surface area contributed by atoms with Crippen molar-refractivity contribution in [1.29, 1.82) is 0 Å². The largest absolute Gasteiger partial charge is 0.508 e. The van der Waals surface area contributed by atoms with Crippen molar-refractivity contribution >= 4 is 11.6 Å². The van der Waals surface area contributed by atoms with Crippen molar-refractivity contribution in [3.8, 4) is 11.5 Å². The Bertz CT molecular complexity index is 641. The SMILES string of the molecule is Cc1cc(NC(=O)c2cc(F)ccc2O)ccc1O. The maximum absolute atomic E-state index is 13.0. The third-order valence-electron chi connectivity index (χ3n) is 2.66. The minimum atomic E-state index is -0.623. The normalized spacial score (nSPS) is 10.2. The van der Waals surface area contributed by atoms with E-state index in [0.717, 1.165) is 18.2 Å². The molecule has 98 valence electrons. The van der Waals surface area contributed by atoms with Crippen molar-refractivity contribution in [2.75, 3.05) is 5.32 Å². The lowest BCUT2D eigenvalue weighted by Crippen LogP contribution is -2.12. The topological polar surface area (TPSA) is 69.6 Å². The first-order valence-electron chi connectivity index (χ1n) is 5.57. The molecule has 2 aromatic carbocycles. The number of hydrogen-bond acceptors (Lipinski definition) is 3. The standard InChI is InChI=1S/C14H12FNO3/c1-8-6-10(3-5-12(8)17)16-14(19)11-7-9(15)2-4-13(11)18/h2-7,17-18H,1H3,(H,16,19). The molecule has 0 atom stereocenters. The lowest BCUT2D eigenvalue weighted by atomic mass is 10.1. The van der Waals surface area contributed by atoms with Crippen LogP contribution < -0.4 is 5.32 Å². The summed E-state index contributed by atoms with van der Waals surface area (Å²) < 4.78 is 13.0. The fourth-order valence-electron chi connectivity index (χ4n) is 1.62. The molecule has 0 aromatic heterocycles. The van der Waals surface area contributed by atoms with Crippen LogP contribution in [0.4, 0.5) is 10.1 Å². The van der Waals surface area contributed by atoms with Gasteiger partial charge in [0.25, 0.3) is 5.91 Å². The third-order valence-corrected chi connectivity index (χ3v) is 2.66. The molecule has 1 amide bonds. The Morgan fingerprint density at radius 3 is 2.47 bits per heavy atom. The number of carbonyl (C=O) groups excluding carboxylic acids is 1. The zero-order valence-electron chi connectivity index (χ0n) is 10.1. The van der Waals surface area contributed by atoms with E-state index in [1.54, 1.807) is 13.0 Å². The quantitative estimate of drug-likeness (QED) is 0.728. The van der Waals surface area contributed by atoms with Gasteiger partial charge in [-0.1, -0.05) is 0 Å². The highest BCUT2D eigenvalue weighted by atomic mass is 19.1. The lowest BCUT2D eigenvalue weighted by molar-refractivity contribution is 0.102. The van der Waals surface area contributed by atoms with Crippen molar-refractivity contribution in [2.24, 2.45) is 0 Å². The first-order chi connectivity index (χ1) is 8.97. The highest BCUT2D eigenvalue weighted by Crippen LogP contribution is 2.23. The molecule has 2 rings (SSSR count). The molecule has 4 nitrogen and oxygen atoms in total. The van der Waals surface area contributed by atoms with Gasteiger partial charge in [-0.25, -0.2) is 4.39 Å². The second kappa shape index (κ2) is 4.97. The summed E-state index contributed by atoms with van der Waals surface area (Å²) in [6, 6.07) is 7.66. The van der Waals surface area contributed by atoms with Gasteiger partial charge in [-0.3, -0.25) is 4.79 Å². The molecule has 0 aliphatic carbocycles. The Balaban J connectivity index is 2.25. The summed E-state index contributed by atoms with van der Waals surface area (Å²) in [5, 5.41) is 21.4. The van der Waals surface area contributed by atoms with Crippen LogP contribution in [0.15, 0.2) is 36.4 Å². The maximum Gasteiger partial charge on any atom is 0.259 e. The third kappa shape index (κ3) is 2.82. The highest BCUT2D eigenvalue weighted by Gasteiger charge is 2.12. The monoisotopic (exact) mass is 261 g/mol. The number of phenols is 2. The zero-order chi connectivity index (χ0) is 14.0. The molecule has 0 fully saturated rings. The number of aromatic hydroxyl groups is 2. The molecule has 0 spiro atoms. The maximum atomic E-state index is 13.0. The minimum Gasteiger partial charge on any atom is -0.508 e. The Labute approximate surface area is 109 Å². The Kier molecular flexibility index (Phi) is 3.37. The number of carbonyl (C=O) groups is 1. The molecule has 0 aliphatic rings. The number of phenolic OH excluding ortho intramolecular Hbond substituents is 2. The highest BCUT2D eigenvalue weighted by molar-refractivity contribution is 6.06. The molecular formula is C14H12FNO3. The van der Waals surface area contributed by atoms with E-state index in [2.05, 4.69) is 5.32 Å². The number of anilines is 1. The first-order valence-corrected chi connectivity index (χ1v) is 5.57. The number of amides is 1. The predicted molar refractivity (Wildman–Crippen MR) is 68.9 cm³/mol. The van der Waals surface area contributed by atoms with Crippen molar-refractivity contribution < 1.29 is 19.4 Å². The average Bonchev–Trinajstić information content (AvgIpc) is 2.36. The van der Waals surface area contributed by atoms with Crippen molar-refractivity contribution in [2.45, 2.75) is 6.92 Å². The molecule has 0 unspecified atom stereocenters. The first kappa shape index (κ1) is 12.9. The van der Waals surface area contributed by atoms with Crippen LogP contribution in [0, 0.1) is 12.7 Å². The van der Waals surface area contributed by atoms with Crippen LogP contribution in [-0.2, 0) is 0 Å².